The van der Waals surface area contributed by atoms with Crippen LogP contribution in [0.25, 0.3) is 0 Å². The van der Waals surface area contributed by atoms with Crippen LogP contribution in [-0.2, 0) is 26.7 Å². The van der Waals surface area contributed by atoms with Crippen molar-refractivity contribution in [2.75, 3.05) is 0 Å². The summed E-state index contributed by atoms with van der Waals surface area (Å²) in [5.74, 6) is -0.680. The Morgan fingerprint density at radius 2 is 1.15 bits per heavy atom. The van der Waals surface area contributed by atoms with Crippen molar-refractivity contribution in [3.05, 3.63) is 0 Å². The molecule has 0 fully saturated rings. The Bertz CT molecular complexity index is 516. The maximum Gasteiger partial charge on any atom is 0.386 e. The van der Waals surface area contributed by atoms with E-state index in [1.165, 1.54) is 0 Å². The summed E-state index contributed by atoms with van der Waals surface area (Å²) in [4.78, 5) is 24.2. The smallest absolute Gasteiger partial charge is 0.386 e. The lowest BCUT2D eigenvalue weighted by Gasteiger charge is -2.39. The van der Waals surface area contributed by atoms with Gasteiger partial charge in [-0.15, -0.1) is 0 Å². The van der Waals surface area contributed by atoms with E-state index in [9.17, 15) is 9.59 Å². The second-order valence-corrected chi connectivity index (χ2v) is 20.4. The highest BCUT2D eigenvalue weighted by atomic mass is 28.5. The molecule has 0 rings (SSSR count). The van der Waals surface area contributed by atoms with E-state index in [-0.39, 0.29) is 17.8 Å². The van der Waals surface area contributed by atoms with Crippen LogP contribution >= 0.6 is 0 Å². The van der Waals surface area contributed by atoms with Gasteiger partial charge in [-0.2, -0.15) is 0 Å². The molecule has 0 radical (unpaired) electrons. The van der Waals surface area contributed by atoms with E-state index in [1.54, 1.807) is 33.9 Å². The van der Waals surface area contributed by atoms with E-state index in [0.717, 1.165) is 0 Å². The Labute approximate surface area is 162 Å². The first kappa shape index (κ1) is 25.7. The van der Waals surface area contributed by atoms with Crippen molar-refractivity contribution in [3.63, 3.8) is 0 Å². The first-order valence-electron chi connectivity index (χ1n) is 9.00. The zero-order chi connectivity index (χ0) is 21.2. The van der Waals surface area contributed by atoms with Gasteiger partial charge in [-0.05, 0) is 60.1 Å². The minimum Gasteiger partial charge on any atom is -0.495 e. The maximum absolute atomic E-state index is 12.1. The topological polar surface area (TPSA) is 71.1 Å². The Hall–Kier alpha value is -0.329. The Kier molecular flexibility index (Phi) is 8.25. The van der Waals surface area contributed by atoms with Crippen molar-refractivity contribution in [2.45, 2.75) is 92.8 Å². The van der Waals surface area contributed by atoms with Crippen molar-refractivity contribution >= 4 is 37.4 Å². The van der Waals surface area contributed by atoms with Crippen molar-refractivity contribution in [3.8, 4) is 0 Å². The highest BCUT2D eigenvalue weighted by molar-refractivity contribution is 6.84. The SMILES string of the molecule is CC(C)(C)O[Si](C)(C)O[Si](C)(C)O[Si](C)(C)OC(=O)CC(=O)C(C)(C)C. The number of ketones is 1. The highest BCUT2D eigenvalue weighted by Crippen LogP contribution is 2.25. The van der Waals surface area contributed by atoms with Crippen molar-refractivity contribution in [1.29, 1.82) is 0 Å². The normalized spacial score (nSPS) is 14.3. The molecule has 0 heterocycles. The average molecular weight is 423 g/mol. The molecule has 0 saturated heterocycles. The molecule has 26 heavy (non-hydrogen) atoms. The number of hydrogen-bond acceptors (Lipinski definition) is 6. The third-order valence-corrected chi connectivity index (χ3v) is 12.7. The summed E-state index contributed by atoms with van der Waals surface area (Å²) in [7, 11) is -7.77. The quantitative estimate of drug-likeness (QED) is 0.424. The number of Topliss-reactive ketones (excluding diaryl/α,β-unsaturated/α-hetero) is 1. The summed E-state index contributed by atoms with van der Waals surface area (Å²) < 4.78 is 24.1. The lowest BCUT2D eigenvalue weighted by molar-refractivity contribution is -0.141. The molecule has 0 spiro atoms. The predicted molar refractivity (Wildman–Crippen MR) is 111 cm³/mol. The molecular formula is C17H38O6Si3. The van der Waals surface area contributed by atoms with E-state index in [2.05, 4.69) is 0 Å². The van der Waals surface area contributed by atoms with Gasteiger partial charge in [-0.3, -0.25) is 9.59 Å². The standard InChI is InChI=1S/C17H38O6Si3/c1-16(2,3)14(18)13-15(19)20-24(7,8)22-26(11,12)23-25(9,10)21-17(4,5)6/h13H2,1-12H3. The Morgan fingerprint density at radius 3 is 1.54 bits per heavy atom. The molecule has 154 valence electrons. The summed E-state index contributed by atoms with van der Waals surface area (Å²) >= 11 is 0. The van der Waals surface area contributed by atoms with Gasteiger partial charge in [0, 0.05) is 5.41 Å². The molecule has 0 bridgehead atoms. The fraction of sp³-hybridized carbons (Fsp3) is 0.882. The van der Waals surface area contributed by atoms with Gasteiger partial charge in [0.25, 0.3) is 0 Å². The van der Waals surface area contributed by atoms with Crippen LogP contribution in [0.1, 0.15) is 48.0 Å². The fourth-order valence-electron chi connectivity index (χ4n) is 2.69. The lowest BCUT2D eigenvalue weighted by Crippen LogP contribution is -2.56. The van der Waals surface area contributed by atoms with Gasteiger partial charge in [-0.1, -0.05) is 20.8 Å². The zero-order valence-corrected chi connectivity index (χ0v) is 21.7. The van der Waals surface area contributed by atoms with Gasteiger partial charge >= 0.3 is 31.7 Å². The lowest BCUT2D eigenvalue weighted by atomic mass is 9.89. The van der Waals surface area contributed by atoms with Gasteiger partial charge in [0.2, 0.25) is 0 Å². The molecule has 0 aromatic heterocycles. The molecule has 6 nitrogen and oxygen atoms in total. The average Bonchev–Trinajstić information content (AvgIpc) is 2.17. The molecule has 0 aromatic carbocycles. The van der Waals surface area contributed by atoms with Gasteiger partial charge in [0.05, 0.1) is 5.60 Å². The number of hydrogen-bond donors (Lipinski definition) is 0. The Morgan fingerprint density at radius 1 is 0.731 bits per heavy atom. The van der Waals surface area contributed by atoms with Crippen LogP contribution in [0.15, 0.2) is 0 Å². The summed E-state index contributed by atoms with van der Waals surface area (Å²) in [5.41, 5.74) is -0.866. The Balaban J connectivity index is 4.90. The van der Waals surface area contributed by atoms with E-state index >= 15 is 0 Å². The summed E-state index contributed by atoms with van der Waals surface area (Å²) in [6, 6.07) is 0. The predicted octanol–water partition coefficient (Wildman–Crippen LogP) is 4.49. The largest absolute Gasteiger partial charge is 0.495 e. The van der Waals surface area contributed by atoms with E-state index in [4.69, 9.17) is 17.1 Å². The molecule has 0 aromatic rings. The maximum atomic E-state index is 12.1. The van der Waals surface area contributed by atoms with Gasteiger partial charge in [-0.25, -0.2) is 0 Å². The van der Waals surface area contributed by atoms with Crippen molar-refractivity contribution in [1.82, 2.24) is 0 Å². The summed E-state index contributed by atoms with van der Waals surface area (Å²) in [5, 5.41) is 0. The van der Waals surface area contributed by atoms with Crippen LogP contribution in [0.4, 0.5) is 0 Å². The fourth-order valence-corrected chi connectivity index (χ4v) is 15.1. The van der Waals surface area contributed by atoms with Crippen LogP contribution < -0.4 is 0 Å². The summed E-state index contributed by atoms with van der Waals surface area (Å²) in [6.45, 7) is 22.8. The third kappa shape index (κ3) is 11.4. The van der Waals surface area contributed by atoms with Gasteiger partial charge < -0.3 is 17.1 Å². The van der Waals surface area contributed by atoms with E-state index < -0.39 is 37.1 Å². The number of carbonyl (C=O) groups excluding carboxylic acids is 2. The molecule has 0 saturated carbocycles. The van der Waals surface area contributed by atoms with E-state index in [0.29, 0.717) is 0 Å². The van der Waals surface area contributed by atoms with Crippen LogP contribution in [0.5, 0.6) is 0 Å². The summed E-state index contributed by atoms with van der Waals surface area (Å²) in [6.07, 6.45) is -0.237. The second-order valence-electron chi connectivity index (χ2n) is 9.94. The van der Waals surface area contributed by atoms with Gasteiger partial charge in [0.15, 0.2) is 0 Å². The molecule has 0 atom stereocenters. The van der Waals surface area contributed by atoms with Crippen LogP contribution in [0, 0.1) is 5.41 Å². The molecule has 0 aliphatic carbocycles. The molecule has 0 N–H and O–H groups in total. The number of rotatable bonds is 8. The minimum atomic E-state index is -2.78. The van der Waals surface area contributed by atoms with Crippen LogP contribution in [0.3, 0.4) is 0 Å². The minimum absolute atomic E-state index is 0.146. The second kappa shape index (κ2) is 8.36. The molecular weight excluding hydrogens is 384 g/mol. The molecule has 0 aliphatic heterocycles. The molecule has 0 aliphatic rings. The van der Waals surface area contributed by atoms with Crippen molar-refractivity contribution in [2.24, 2.45) is 5.41 Å². The first-order chi connectivity index (χ1) is 11.1. The molecule has 0 amide bonds. The monoisotopic (exact) mass is 422 g/mol. The van der Waals surface area contributed by atoms with Crippen LogP contribution in [0.2, 0.25) is 39.3 Å². The number of carbonyl (C=O) groups is 2. The molecule has 9 heteroatoms. The molecule has 0 unspecified atom stereocenters. The van der Waals surface area contributed by atoms with Gasteiger partial charge in [0.1, 0.15) is 12.2 Å². The van der Waals surface area contributed by atoms with Crippen molar-refractivity contribution < 1.29 is 26.7 Å². The highest BCUT2D eigenvalue weighted by Gasteiger charge is 2.44. The zero-order valence-electron chi connectivity index (χ0n) is 18.7. The van der Waals surface area contributed by atoms with Crippen LogP contribution in [-0.4, -0.2) is 43.0 Å². The third-order valence-electron chi connectivity index (χ3n) is 3.04. The van der Waals surface area contributed by atoms with E-state index in [1.807, 2.05) is 47.0 Å². The first-order valence-corrected chi connectivity index (χ1v) is 17.4.